The minimum atomic E-state index is -0.0834. The van der Waals surface area contributed by atoms with E-state index in [0.717, 1.165) is 53.9 Å². The van der Waals surface area contributed by atoms with Gasteiger partial charge in [-0.3, -0.25) is 4.79 Å². The number of piperidine rings is 1. The van der Waals surface area contributed by atoms with Crippen molar-refractivity contribution in [1.82, 2.24) is 24.9 Å². The lowest BCUT2D eigenvalue weighted by molar-refractivity contribution is 0.446. The Balaban J connectivity index is 0.00000180. The first kappa shape index (κ1) is 17.7. The normalized spacial score (nSPS) is 15.1. The van der Waals surface area contributed by atoms with Gasteiger partial charge in [-0.15, -0.1) is 17.5 Å². The molecule has 4 heterocycles. The Labute approximate surface area is 162 Å². The zero-order valence-electron chi connectivity index (χ0n) is 14.7. The number of benzene rings is 1. The van der Waals surface area contributed by atoms with Gasteiger partial charge in [0.05, 0.1) is 16.8 Å². The molecule has 7 heteroatoms. The molecule has 1 fully saturated rings. The lowest BCUT2D eigenvalue weighted by Gasteiger charge is -2.22. The van der Waals surface area contributed by atoms with Crippen molar-refractivity contribution in [3.8, 4) is 11.3 Å². The Morgan fingerprint density at radius 3 is 2.59 bits per heavy atom. The predicted octanol–water partition coefficient (Wildman–Crippen LogP) is 3.13. The van der Waals surface area contributed by atoms with Crippen LogP contribution in [0.15, 0.2) is 53.3 Å². The summed E-state index contributed by atoms with van der Waals surface area (Å²) in [5.74, 6) is 0.337. The third kappa shape index (κ3) is 3.11. The highest BCUT2D eigenvalue weighted by Crippen LogP contribution is 2.27. The Bertz CT molecular complexity index is 1150. The van der Waals surface area contributed by atoms with Crippen molar-refractivity contribution in [3.05, 3.63) is 64.6 Å². The standard InChI is InChI=1S/C20H19N5O.ClH/c26-18-12-17(14-8-10-21-11-9-14)25-20(23-18)15-6-7-16(22-19(15)24-25)13-4-2-1-3-5-13;/h1-7,12,14,21H,8-11H2,(H,23,26);1H. The van der Waals surface area contributed by atoms with E-state index >= 15 is 0 Å². The minimum Gasteiger partial charge on any atom is -0.317 e. The number of aromatic amines is 1. The van der Waals surface area contributed by atoms with Crippen LogP contribution in [-0.2, 0) is 0 Å². The lowest BCUT2D eigenvalue weighted by atomic mass is 9.94. The maximum Gasteiger partial charge on any atom is 0.251 e. The molecule has 5 rings (SSSR count). The number of hydrogen-bond acceptors (Lipinski definition) is 4. The first-order chi connectivity index (χ1) is 12.8. The largest absolute Gasteiger partial charge is 0.317 e. The van der Waals surface area contributed by atoms with Gasteiger partial charge in [0.15, 0.2) is 5.65 Å². The van der Waals surface area contributed by atoms with Crippen LogP contribution in [0, 0.1) is 0 Å². The highest BCUT2D eigenvalue weighted by molar-refractivity contribution is 5.91. The summed E-state index contributed by atoms with van der Waals surface area (Å²) in [4.78, 5) is 19.9. The number of nitrogens with one attached hydrogen (secondary N) is 2. The summed E-state index contributed by atoms with van der Waals surface area (Å²) >= 11 is 0. The van der Waals surface area contributed by atoms with Crippen molar-refractivity contribution in [1.29, 1.82) is 0 Å². The van der Waals surface area contributed by atoms with Crippen molar-refractivity contribution >= 4 is 29.1 Å². The molecule has 0 amide bonds. The second-order valence-electron chi connectivity index (χ2n) is 6.78. The van der Waals surface area contributed by atoms with Crippen LogP contribution >= 0.6 is 12.4 Å². The molecule has 0 spiro atoms. The Hall–Kier alpha value is -2.70. The molecule has 1 aliphatic rings. The number of halogens is 1. The van der Waals surface area contributed by atoms with Gasteiger partial charge in [0.2, 0.25) is 0 Å². The van der Waals surface area contributed by atoms with E-state index in [9.17, 15) is 4.79 Å². The van der Waals surface area contributed by atoms with Gasteiger partial charge in [-0.1, -0.05) is 30.3 Å². The van der Waals surface area contributed by atoms with E-state index in [0.29, 0.717) is 11.6 Å². The van der Waals surface area contributed by atoms with Crippen LogP contribution in [0.25, 0.3) is 27.9 Å². The van der Waals surface area contributed by atoms with E-state index in [-0.39, 0.29) is 18.0 Å². The van der Waals surface area contributed by atoms with Crippen molar-refractivity contribution < 1.29 is 0 Å². The van der Waals surface area contributed by atoms with E-state index in [2.05, 4.69) is 10.3 Å². The van der Waals surface area contributed by atoms with Gasteiger partial charge >= 0.3 is 0 Å². The Morgan fingerprint density at radius 1 is 1.04 bits per heavy atom. The quantitative estimate of drug-likeness (QED) is 0.559. The molecular weight excluding hydrogens is 362 g/mol. The molecule has 0 radical (unpaired) electrons. The van der Waals surface area contributed by atoms with Crippen LogP contribution in [0.5, 0.6) is 0 Å². The number of fused-ring (bicyclic) bond motifs is 3. The van der Waals surface area contributed by atoms with Crippen LogP contribution in [0.2, 0.25) is 0 Å². The monoisotopic (exact) mass is 381 g/mol. The molecule has 1 saturated heterocycles. The summed E-state index contributed by atoms with van der Waals surface area (Å²) < 4.78 is 1.88. The van der Waals surface area contributed by atoms with Crippen LogP contribution in [0.1, 0.15) is 24.5 Å². The molecule has 3 aromatic heterocycles. The maximum atomic E-state index is 12.2. The van der Waals surface area contributed by atoms with Crippen LogP contribution < -0.4 is 10.9 Å². The Morgan fingerprint density at radius 2 is 1.81 bits per heavy atom. The molecule has 0 atom stereocenters. The molecule has 0 bridgehead atoms. The van der Waals surface area contributed by atoms with Gasteiger partial charge in [0.25, 0.3) is 5.56 Å². The first-order valence-electron chi connectivity index (χ1n) is 8.98. The minimum absolute atomic E-state index is 0. The summed E-state index contributed by atoms with van der Waals surface area (Å²) in [5.41, 5.74) is 4.21. The zero-order chi connectivity index (χ0) is 17.5. The SMILES string of the molecule is Cl.O=c1cc(C2CCNCC2)n2nc3nc(-c4ccccc4)ccc3c2[nH]1. The highest BCUT2D eigenvalue weighted by Gasteiger charge is 2.21. The number of pyridine rings is 1. The molecule has 138 valence electrons. The predicted molar refractivity (Wildman–Crippen MR) is 109 cm³/mol. The van der Waals surface area contributed by atoms with Crippen molar-refractivity contribution in [2.24, 2.45) is 0 Å². The van der Waals surface area contributed by atoms with E-state index in [1.54, 1.807) is 6.07 Å². The summed E-state index contributed by atoms with van der Waals surface area (Å²) in [5, 5.41) is 8.98. The number of hydrogen-bond donors (Lipinski definition) is 2. The fourth-order valence-corrected chi connectivity index (χ4v) is 3.80. The fraction of sp³-hybridized carbons (Fsp3) is 0.250. The molecule has 1 aromatic carbocycles. The number of rotatable bonds is 2. The first-order valence-corrected chi connectivity index (χ1v) is 8.98. The van der Waals surface area contributed by atoms with Gasteiger partial charge in [0, 0.05) is 17.5 Å². The lowest BCUT2D eigenvalue weighted by Crippen LogP contribution is -2.28. The van der Waals surface area contributed by atoms with E-state index in [1.807, 2.05) is 47.0 Å². The van der Waals surface area contributed by atoms with Crippen LogP contribution in [-0.4, -0.2) is 32.7 Å². The van der Waals surface area contributed by atoms with E-state index < -0.39 is 0 Å². The topological polar surface area (TPSA) is 75.1 Å². The smallest absolute Gasteiger partial charge is 0.251 e. The molecule has 2 N–H and O–H groups in total. The number of aromatic nitrogens is 4. The Kier molecular flexibility index (Phi) is 4.68. The van der Waals surface area contributed by atoms with Gasteiger partial charge in [-0.2, -0.15) is 0 Å². The summed E-state index contributed by atoms with van der Waals surface area (Å²) in [6, 6.07) is 15.7. The molecule has 27 heavy (non-hydrogen) atoms. The van der Waals surface area contributed by atoms with Crippen LogP contribution in [0.4, 0.5) is 0 Å². The molecule has 6 nitrogen and oxygen atoms in total. The fourth-order valence-electron chi connectivity index (χ4n) is 3.80. The number of H-pyrrole nitrogens is 1. The molecular formula is C20H20ClN5O. The summed E-state index contributed by atoms with van der Waals surface area (Å²) in [6.45, 7) is 1.94. The number of nitrogens with zero attached hydrogens (tertiary/aromatic N) is 3. The zero-order valence-corrected chi connectivity index (χ0v) is 15.5. The van der Waals surface area contributed by atoms with Gasteiger partial charge < -0.3 is 10.3 Å². The van der Waals surface area contributed by atoms with Crippen molar-refractivity contribution in [2.45, 2.75) is 18.8 Å². The summed E-state index contributed by atoms with van der Waals surface area (Å²) in [6.07, 6.45) is 2.02. The maximum absolute atomic E-state index is 12.2. The van der Waals surface area contributed by atoms with Gasteiger partial charge in [-0.25, -0.2) is 9.50 Å². The van der Waals surface area contributed by atoms with Crippen molar-refractivity contribution in [3.63, 3.8) is 0 Å². The molecule has 0 saturated carbocycles. The third-order valence-corrected chi connectivity index (χ3v) is 5.13. The van der Waals surface area contributed by atoms with Crippen molar-refractivity contribution in [2.75, 3.05) is 13.1 Å². The van der Waals surface area contributed by atoms with Gasteiger partial charge in [-0.05, 0) is 38.1 Å². The second kappa shape index (κ2) is 7.13. The van der Waals surface area contributed by atoms with Crippen LogP contribution in [0.3, 0.4) is 0 Å². The molecule has 1 aliphatic heterocycles. The molecule has 0 aliphatic carbocycles. The van der Waals surface area contributed by atoms with E-state index in [1.165, 1.54) is 0 Å². The average molecular weight is 382 g/mol. The second-order valence-corrected chi connectivity index (χ2v) is 6.78. The molecule has 0 unspecified atom stereocenters. The van der Waals surface area contributed by atoms with E-state index in [4.69, 9.17) is 10.1 Å². The average Bonchev–Trinajstić information content (AvgIpc) is 3.06. The molecule has 4 aromatic rings. The third-order valence-electron chi connectivity index (χ3n) is 5.13. The van der Waals surface area contributed by atoms with Gasteiger partial charge in [0.1, 0.15) is 5.65 Å². The highest BCUT2D eigenvalue weighted by atomic mass is 35.5. The summed E-state index contributed by atoms with van der Waals surface area (Å²) in [7, 11) is 0.